The van der Waals surface area contributed by atoms with Gasteiger partial charge in [-0.15, -0.1) is 0 Å². The van der Waals surface area contributed by atoms with Crippen molar-refractivity contribution in [2.24, 2.45) is 5.73 Å². The number of nitrogens with zero attached hydrogens (tertiary/aromatic N) is 1. The van der Waals surface area contributed by atoms with E-state index in [9.17, 15) is 9.18 Å². The molecule has 0 fully saturated rings. The van der Waals surface area contributed by atoms with Crippen LogP contribution in [0.4, 0.5) is 4.39 Å². The first-order valence-electron chi connectivity index (χ1n) is 6.43. The van der Waals surface area contributed by atoms with Gasteiger partial charge >= 0.3 is 0 Å². The Morgan fingerprint density at radius 2 is 2.26 bits per heavy atom. The zero-order chi connectivity index (χ0) is 14.3. The molecule has 0 aliphatic heterocycles. The summed E-state index contributed by atoms with van der Waals surface area (Å²) in [6, 6.07) is 5.46. The molecule has 1 atom stereocenters. The lowest BCUT2D eigenvalue weighted by molar-refractivity contribution is -0.131. The van der Waals surface area contributed by atoms with Crippen molar-refractivity contribution in [3.8, 4) is 5.75 Å². The molecule has 0 aromatic heterocycles. The number of halogens is 1. The van der Waals surface area contributed by atoms with Crippen molar-refractivity contribution in [1.82, 2.24) is 4.90 Å². The normalized spacial score (nSPS) is 12.0. The van der Waals surface area contributed by atoms with Crippen LogP contribution in [0, 0.1) is 5.82 Å². The van der Waals surface area contributed by atoms with Gasteiger partial charge in [0.25, 0.3) is 0 Å². The monoisotopic (exact) mass is 268 g/mol. The maximum absolute atomic E-state index is 12.9. The molecule has 1 aromatic rings. The minimum absolute atomic E-state index is 0.0929. The van der Waals surface area contributed by atoms with Crippen LogP contribution in [-0.4, -0.2) is 37.0 Å². The fourth-order valence-electron chi connectivity index (χ4n) is 1.68. The van der Waals surface area contributed by atoms with Gasteiger partial charge < -0.3 is 15.4 Å². The molecule has 1 unspecified atom stereocenters. The molecule has 0 heterocycles. The van der Waals surface area contributed by atoms with Crippen molar-refractivity contribution in [3.05, 3.63) is 30.1 Å². The van der Waals surface area contributed by atoms with Crippen LogP contribution < -0.4 is 10.5 Å². The zero-order valence-corrected chi connectivity index (χ0v) is 11.4. The van der Waals surface area contributed by atoms with Crippen LogP contribution in [0.1, 0.15) is 19.8 Å². The van der Waals surface area contributed by atoms with Gasteiger partial charge in [-0.3, -0.25) is 4.79 Å². The van der Waals surface area contributed by atoms with E-state index in [2.05, 4.69) is 0 Å². The zero-order valence-electron chi connectivity index (χ0n) is 11.4. The number of carbonyl (C=O) groups excluding carboxylic acids is 1. The summed E-state index contributed by atoms with van der Waals surface area (Å²) in [7, 11) is 1.69. The molecule has 0 saturated carbocycles. The summed E-state index contributed by atoms with van der Waals surface area (Å²) >= 11 is 0. The second kappa shape index (κ2) is 7.74. The smallest absolute Gasteiger partial charge is 0.239 e. The molecular weight excluding hydrogens is 247 g/mol. The first-order chi connectivity index (χ1) is 9.04. The molecule has 1 rings (SSSR count). The van der Waals surface area contributed by atoms with E-state index in [4.69, 9.17) is 10.5 Å². The number of rotatable bonds is 7. The van der Waals surface area contributed by atoms with Crippen molar-refractivity contribution in [1.29, 1.82) is 0 Å². The van der Waals surface area contributed by atoms with Gasteiger partial charge in [-0.05, 0) is 18.6 Å². The van der Waals surface area contributed by atoms with Crippen LogP contribution in [0.15, 0.2) is 24.3 Å². The van der Waals surface area contributed by atoms with Gasteiger partial charge in [0.15, 0.2) is 0 Å². The molecule has 5 heteroatoms. The predicted octanol–water partition coefficient (Wildman–Crippen LogP) is 1.79. The molecule has 1 amide bonds. The average Bonchev–Trinajstić information content (AvgIpc) is 2.38. The van der Waals surface area contributed by atoms with Crippen LogP contribution in [0.5, 0.6) is 5.75 Å². The highest BCUT2D eigenvalue weighted by Crippen LogP contribution is 2.11. The Balaban J connectivity index is 2.34. The SMILES string of the molecule is CCCC(N)C(=O)N(C)CCOc1cccc(F)c1. The number of hydrogen-bond donors (Lipinski definition) is 1. The lowest BCUT2D eigenvalue weighted by Gasteiger charge is -2.21. The molecular formula is C14H21FN2O2. The lowest BCUT2D eigenvalue weighted by atomic mass is 10.1. The number of amides is 1. The quantitative estimate of drug-likeness (QED) is 0.820. The van der Waals surface area contributed by atoms with Gasteiger partial charge in [-0.25, -0.2) is 4.39 Å². The topological polar surface area (TPSA) is 55.6 Å². The molecule has 19 heavy (non-hydrogen) atoms. The summed E-state index contributed by atoms with van der Waals surface area (Å²) in [5.41, 5.74) is 5.75. The standard InChI is InChI=1S/C14H21FN2O2/c1-3-5-13(16)14(18)17(2)8-9-19-12-7-4-6-11(15)10-12/h4,6-7,10,13H,3,5,8-9,16H2,1-2H3. The Bertz CT molecular complexity index is 412. The van der Waals surface area contributed by atoms with E-state index in [0.717, 1.165) is 6.42 Å². The fraction of sp³-hybridized carbons (Fsp3) is 0.500. The van der Waals surface area contributed by atoms with Gasteiger partial charge in [0.2, 0.25) is 5.91 Å². The molecule has 0 radical (unpaired) electrons. The van der Waals surface area contributed by atoms with E-state index in [0.29, 0.717) is 25.3 Å². The second-order valence-electron chi connectivity index (χ2n) is 4.46. The van der Waals surface area contributed by atoms with E-state index < -0.39 is 6.04 Å². The number of likely N-dealkylation sites (N-methyl/N-ethyl adjacent to an activating group) is 1. The summed E-state index contributed by atoms with van der Waals surface area (Å²) in [5, 5.41) is 0. The maximum Gasteiger partial charge on any atom is 0.239 e. The minimum Gasteiger partial charge on any atom is -0.492 e. The Morgan fingerprint density at radius 1 is 1.53 bits per heavy atom. The van der Waals surface area contributed by atoms with Crippen LogP contribution in [0.3, 0.4) is 0 Å². The summed E-state index contributed by atoms with van der Waals surface area (Å²) in [4.78, 5) is 13.4. The van der Waals surface area contributed by atoms with Crippen molar-refractivity contribution in [3.63, 3.8) is 0 Å². The van der Waals surface area contributed by atoms with Gasteiger partial charge in [0.1, 0.15) is 18.2 Å². The molecule has 4 nitrogen and oxygen atoms in total. The largest absolute Gasteiger partial charge is 0.492 e. The Hall–Kier alpha value is -1.62. The third-order valence-electron chi connectivity index (χ3n) is 2.78. The summed E-state index contributed by atoms with van der Waals surface area (Å²) in [6.07, 6.45) is 1.55. The number of carbonyl (C=O) groups is 1. The first kappa shape index (κ1) is 15.4. The van der Waals surface area contributed by atoms with E-state index in [1.54, 1.807) is 24.1 Å². The molecule has 1 aromatic carbocycles. The van der Waals surface area contributed by atoms with Crippen molar-refractivity contribution in [2.45, 2.75) is 25.8 Å². The molecule has 0 aliphatic rings. The number of hydrogen-bond acceptors (Lipinski definition) is 3. The number of ether oxygens (including phenoxy) is 1. The Labute approximate surface area is 113 Å². The molecule has 0 saturated heterocycles. The Morgan fingerprint density at radius 3 is 2.89 bits per heavy atom. The summed E-state index contributed by atoms with van der Waals surface area (Å²) < 4.78 is 18.3. The number of benzene rings is 1. The van der Waals surface area contributed by atoms with E-state index in [1.165, 1.54) is 12.1 Å². The highest BCUT2D eigenvalue weighted by Gasteiger charge is 2.16. The third-order valence-corrected chi connectivity index (χ3v) is 2.78. The summed E-state index contributed by atoms with van der Waals surface area (Å²) in [6.45, 7) is 2.72. The lowest BCUT2D eigenvalue weighted by Crippen LogP contribution is -2.43. The first-order valence-corrected chi connectivity index (χ1v) is 6.43. The molecule has 106 valence electrons. The molecule has 0 aliphatic carbocycles. The van der Waals surface area contributed by atoms with E-state index in [1.807, 2.05) is 6.92 Å². The van der Waals surface area contributed by atoms with Crippen molar-refractivity contribution in [2.75, 3.05) is 20.2 Å². The maximum atomic E-state index is 12.9. The Kier molecular flexibility index (Phi) is 6.29. The van der Waals surface area contributed by atoms with Gasteiger partial charge in [0, 0.05) is 13.1 Å². The number of nitrogens with two attached hydrogens (primary N) is 1. The van der Waals surface area contributed by atoms with E-state index in [-0.39, 0.29) is 11.7 Å². The third kappa shape index (κ3) is 5.26. The van der Waals surface area contributed by atoms with Gasteiger partial charge in [0.05, 0.1) is 12.6 Å². The van der Waals surface area contributed by atoms with Gasteiger partial charge in [-0.1, -0.05) is 19.4 Å². The van der Waals surface area contributed by atoms with Crippen LogP contribution >= 0.6 is 0 Å². The second-order valence-corrected chi connectivity index (χ2v) is 4.46. The minimum atomic E-state index is -0.454. The predicted molar refractivity (Wildman–Crippen MR) is 72.4 cm³/mol. The van der Waals surface area contributed by atoms with Crippen LogP contribution in [0.2, 0.25) is 0 Å². The molecule has 0 bridgehead atoms. The van der Waals surface area contributed by atoms with Crippen molar-refractivity contribution >= 4 is 5.91 Å². The fourth-order valence-corrected chi connectivity index (χ4v) is 1.68. The van der Waals surface area contributed by atoms with E-state index >= 15 is 0 Å². The summed E-state index contributed by atoms with van der Waals surface area (Å²) in [5.74, 6) is 0.0234. The molecule has 0 spiro atoms. The van der Waals surface area contributed by atoms with Crippen molar-refractivity contribution < 1.29 is 13.9 Å². The highest BCUT2D eigenvalue weighted by molar-refractivity contribution is 5.81. The average molecular weight is 268 g/mol. The highest BCUT2D eigenvalue weighted by atomic mass is 19.1. The van der Waals surface area contributed by atoms with Gasteiger partial charge in [-0.2, -0.15) is 0 Å². The molecule has 2 N–H and O–H groups in total. The van der Waals surface area contributed by atoms with Crippen LogP contribution in [0.25, 0.3) is 0 Å². The van der Waals surface area contributed by atoms with Crippen LogP contribution in [-0.2, 0) is 4.79 Å².